The van der Waals surface area contributed by atoms with Crippen LogP contribution in [0.3, 0.4) is 0 Å². The Morgan fingerprint density at radius 2 is 1.95 bits per heavy atom. The van der Waals surface area contributed by atoms with E-state index < -0.39 is 34.6 Å². The normalized spacial score (nSPS) is 21.8. The number of halogens is 3. The predicted octanol–water partition coefficient (Wildman–Crippen LogP) is 1.70. The van der Waals surface area contributed by atoms with Crippen molar-refractivity contribution < 1.29 is 28.2 Å². The summed E-state index contributed by atoms with van der Waals surface area (Å²) in [5.41, 5.74) is -2.47. The van der Waals surface area contributed by atoms with Crippen molar-refractivity contribution in [2.75, 3.05) is 13.2 Å². The van der Waals surface area contributed by atoms with Gasteiger partial charge in [0, 0.05) is 17.5 Å². The highest BCUT2D eigenvalue weighted by molar-refractivity contribution is 9.10. The van der Waals surface area contributed by atoms with Gasteiger partial charge in [-0.2, -0.15) is 0 Å². The summed E-state index contributed by atoms with van der Waals surface area (Å²) in [5, 5.41) is 11.3. The van der Waals surface area contributed by atoms with Gasteiger partial charge in [0.05, 0.1) is 6.61 Å². The van der Waals surface area contributed by atoms with Crippen LogP contribution in [0.15, 0.2) is 16.6 Å². The molecule has 1 aromatic rings. The average molecular weight is 350 g/mol. The van der Waals surface area contributed by atoms with Crippen LogP contribution in [0.25, 0.3) is 0 Å². The summed E-state index contributed by atoms with van der Waals surface area (Å²) in [6.45, 7) is -0.0915. The molecule has 8 heteroatoms. The van der Waals surface area contributed by atoms with Crippen LogP contribution >= 0.6 is 15.9 Å². The molecule has 2 N–H and O–H groups in total. The molecule has 0 aliphatic carbocycles. The first kappa shape index (κ1) is 14.9. The number of carboxylic acids is 1. The first-order chi connectivity index (χ1) is 9.35. The summed E-state index contributed by atoms with van der Waals surface area (Å²) in [5.74, 6) is -4.58. The van der Waals surface area contributed by atoms with E-state index in [4.69, 9.17) is 9.84 Å². The van der Waals surface area contributed by atoms with Gasteiger partial charge in [0.25, 0.3) is 5.91 Å². The topological polar surface area (TPSA) is 75.6 Å². The third-order valence-electron chi connectivity index (χ3n) is 3.02. The molecule has 1 unspecified atom stereocenters. The van der Waals surface area contributed by atoms with Gasteiger partial charge in [-0.25, -0.2) is 13.6 Å². The molecule has 1 atom stereocenters. The molecular formula is C12H10BrF2NO4. The second-order valence-corrected chi connectivity index (χ2v) is 5.30. The molecule has 0 spiro atoms. The van der Waals surface area contributed by atoms with Crippen molar-refractivity contribution in [3.05, 3.63) is 33.8 Å². The minimum Gasteiger partial charge on any atom is -0.479 e. The number of amides is 1. The van der Waals surface area contributed by atoms with Crippen LogP contribution in [0.4, 0.5) is 8.78 Å². The molecule has 0 bridgehead atoms. The highest BCUT2D eigenvalue weighted by atomic mass is 79.9. The molecule has 1 aliphatic heterocycles. The maximum absolute atomic E-state index is 13.7. The van der Waals surface area contributed by atoms with E-state index in [0.717, 1.165) is 12.1 Å². The summed E-state index contributed by atoms with van der Waals surface area (Å²) in [7, 11) is 0. The Bertz CT molecular complexity index is 550. The van der Waals surface area contributed by atoms with E-state index in [-0.39, 0.29) is 24.1 Å². The lowest BCUT2D eigenvalue weighted by molar-refractivity contribution is -0.144. The molecular weight excluding hydrogens is 340 g/mol. The molecule has 1 amide bonds. The number of carboxylic acid groups (broad SMARTS) is 1. The summed E-state index contributed by atoms with van der Waals surface area (Å²) >= 11 is 2.89. The third kappa shape index (κ3) is 2.66. The molecule has 5 nitrogen and oxygen atoms in total. The van der Waals surface area contributed by atoms with Gasteiger partial charge in [-0.15, -0.1) is 0 Å². The molecule has 0 saturated carbocycles. The van der Waals surface area contributed by atoms with Gasteiger partial charge in [-0.3, -0.25) is 4.79 Å². The van der Waals surface area contributed by atoms with Crippen molar-refractivity contribution in [3.8, 4) is 0 Å². The van der Waals surface area contributed by atoms with Crippen molar-refractivity contribution in [1.82, 2.24) is 5.32 Å². The van der Waals surface area contributed by atoms with Gasteiger partial charge in [-0.05, 0) is 12.1 Å². The van der Waals surface area contributed by atoms with E-state index in [0.29, 0.717) is 0 Å². The fraction of sp³-hybridized carbons (Fsp3) is 0.333. The van der Waals surface area contributed by atoms with Crippen LogP contribution in [0.1, 0.15) is 16.8 Å². The Kier molecular flexibility index (Phi) is 4.05. The number of carbonyl (C=O) groups excluding carboxylic acids is 1. The Hall–Kier alpha value is -1.54. The Balaban J connectivity index is 2.31. The number of carbonyl (C=O) groups is 2. The highest BCUT2D eigenvalue weighted by Crippen LogP contribution is 2.23. The fourth-order valence-electron chi connectivity index (χ4n) is 1.92. The van der Waals surface area contributed by atoms with E-state index in [9.17, 15) is 18.4 Å². The van der Waals surface area contributed by atoms with Gasteiger partial charge in [0.2, 0.25) is 0 Å². The quantitative estimate of drug-likeness (QED) is 0.870. The molecule has 1 aliphatic rings. The van der Waals surface area contributed by atoms with Crippen molar-refractivity contribution in [1.29, 1.82) is 0 Å². The lowest BCUT2D eigenvalue weighted by Gasteiger charge is -2.23. The number of hydrogen-bond acceptors (Lipinski definition) is 3. The maximum Gasteiger partial charge on any atom is 0.331 e. The number of benzene rings is 1. The second-order valence-electron chi connectivity index (χ2n) is 4.39. The average Bonchev–Trinajstić information content (AvgIpc) is 2.77. The molecule has 0 aromatic heterocycles. The molecule has 1 saturated heterocycles. The largest absolute Gasteiger partial charge is 0.479 e. The van der Waals surface area contributed by atoms with Crippen molar-refractivity contribution in [2.45, 2.75) is 12.0 Å². The van der Waals surface area contributed by atoms with Crippen LogP contribution in [0.2, 0.25) is 0 Å². The van der Waals surface area contributed by atoms with E-state index in [1.165, 1.54) is 0 Å². The zero-order valence-electron chi connectivity index (χ0n) is 10.1. The number of aliphatic carboxylic acids is 1. The number of ether oxygens (including phenoxy) is 1. The van der Waals surface area contributed by atoms with E-state index in [1.54, 1.807) is 0 Å². The zero-order chi connectivity index (χ0) is 14.9. The molecule has 1 heterocycles. The lowest BCUT2D eigenvalue weighted by atomic mass is 9.98. The van der Waals surface area contributed by atoms with Gasteiger partial charge in [0.15, 0.2) is 5.54 Å². The monoisotopic (exact) mass is 349 g/mol. The van der Waals surface area contributed by atoms with Crippen LogP contribution in [0.5, 0.6) is 0 Å². The first-order valence-corrected chi connectivity index (χ1v) is 6.43. The van der Waals surface area contributed by atoms with Gasteiger partial charge < -0.3 is 15.2 Å². The molecule has 108 valence electrons. The molecule has 1 fully saturated rings. The summed E-state index contributed by atoms with van der Waals surface area (Å²) in [6.07, 6.45) is 0.0356. The Labute approximate surface area is 121 Å². The smallest absolute Gasteiger partial charge is 0.331 e. The number of rotatable bonds is 3. The minimum atomic E-state index is -1.65. The Morgan fingerprint density at radius 1 is 1.35 bits per heavy atom. The summed E-state index contributed by atoms with van der Waals surface area (Å²) in [6, 6.07) is 1.85. The third-order valence-corrected chi connectivity index (χ3v) is 3.48. The Morgan fingerprint density at radius 3 is 2.40 bits per heavy atom. The van der Waals surface area contributed by atoms with Crippen LogP contribution in [0, 0.1) is 11.6 Å². The van der Waals surface area contributed by atoms with Crippen LogP contribution in [-0.4, -0.2) is 35.7 Å². The van der Waals surface area contributed by atoms with Gasteiger partial charge >= 0.3 is 5.97 Å². The van der Waals surface area contributed by atoms with Gasteiger partial charge in [0.1, 0.15) is 17.2 Å². The molecule has 2 rings (SSSR count). The van der Waals surface area contributed by atoms with Crippen molar-refractivity contribution in [3.63, 3.8) is 0 Å². The van der Waals surface area contributed by atoms with Crippen LogP contribution < -0.4 is 5.32 Å². The number of hydrogen-bond donors (Lipinski definition) is 2. The number of nitrogens with one attached hydrogen (secondary N) is 1. The maximum atomic E-state index is 13.7. The molecule has 20 heavy (non-hydrogen) atoms. The van der Waals surface area contributed by atoms with Crippen molar-refractivity contribution in [2.24, 2.45) is 0 Å². The van der Waals surface area contributed by atoms with E-state index in [2.05, 4.69) is 21.2 Å². The first-order valence-electron chi connectivity index (χ1n) is 5.64. The standard InChI is InChI=1S/C12H10BrF2NO4/c13-6-3-7(14)9(8(15)4-6)10(17)16-12(11(18)19)1-2-20-5-12/h3-4H,1-2,5H2,(H,16,17)(H,18,19). The fourth-order valence-corrected chi connectivity index (χ4v) is 2.33. The van der Waals surface area contributed by atoms with E-state index >= 15 is 0 Å². The predicted molar refractivity (Wildman–Crippen MR) is 67.3 cm³/mol. The molecule has 1 aromatic carbocycles. The minimum absolute atomic E-state index is 0.0356. The second kappa shape index (κ2) is 5.45. The zero-order valence-corrected chi connectivity index (χ0v) is 11.7. The van der Waals surface area contributed by atoms with Gasteiger partial charge in [-0.1, -0.05) is 15.9 Å². The van der Waals surface area contributed by atoms with Crippen molar-refractivity contribution >= 4 is 27.8 Å². The SMILES string of the molecule is O=C(NC1(C(=O)O)CCOC1)c1c(F)cc(Br)cc1F. The van der Waals surface area contributed by atoms with E-state index in [1.807, 2.05) is 0 Å². The lowest BCUT2D eigenvalue weighted by Crippen LogP contribution is -2.55. The summed E-state index contributed by atoms with van der Waals surface area (Å²) < 4.78 is 32.4. The summed E-state index contributed by atoms with van der Waals surface area (Å²) in [4.78, 5) is 23.2. The highest BCUT2D eigenvalue weighted by Gasteiger charge is 2.44. The molecule has 0 radical (unpaired) electrons. The van der Waals surface area contributed by atoms with Crippen LogP contribution in [-0.2, 0) is 9.53 Å².